The highest BCUT2D eigenvalue weighted by molar-refractivity contribution is 6.30. The summed E-state index contributed by atoms with van der Waals surface area (Å²) in [5.74, 6) is 0.604. The zero-order valence-electron chi connectivity index (χ0n) is 15.4. The van der Waals surface area contributed by atoms with Gasteiger partial charge in [0.25, 0.3) is 0 Å². The lowest BCUT2D eigenvalue weighted by molar-refractivity contribution is 0.112. The number of benzene rings is 1. The third-order valence-corrected chi connectivity index (χ3v) is 3.77. The van der Waals surface area contributed by atoms with E-state index in [1.807, 2.05) is 20.8 Å². The Bertz CT molecular complexity index is 896. The quantitative estimate of drug-likeness (QED) is 0.290. The van der Waals surface area contributed by atoms with Crippen LogP contribution < -0.4 is 4.74 Å². The number of hydrogen-bond donors (Lipinski definition) is 0. The number of ether oxygens (including phenoxy) is 1. The highest BCUT2D eigenvalue weighted by atomic mass is 35.5. The molecule has 0 spiro atoms. The second-order valence-corrected chi connectivity index (χ2v) is 6.57. The van der Waals surface area contributed by atoms with Crippen molar-refractivity contribution >= 4 is 23.6 Å². The van der Waals surface area contributed by atoms with E-state index < -0.39 is 0 Å². The van der Waals surface area contributed by atoms with Crippen LogP contribution in [0, 0.1) is 11.3 Å². The predicted molar refractivity (Wildman–Crippen MR) is 107 cm³/mol. The molecule has 2 rings (SSSR count). The van der Waals surface area contributed by atoms with Crippen molar-refractivity contribution in [3.05, 3.63) is 76.3 Å². The number of nitrogens with zero attached hydrogens (tertiary/aromatic N) is 3. The number of aldehydes is 1. The van der Waals surface area contributed by atoms with Crippen LogP contribution in [-0.2, 0) is 0 Å². The summed E-state index contributed by atoms with van der Waals surface area (Å²) in [6, 6.07) is 8.93. The molecule has 27 heavy (non-hydrogen) atoms. The minimum atomic E-state index is 0.392. The molecule has 0 saturated heterocycles. The van der Waals surface area contributed by atoms with Gasteiger partial charge in [-0.3, -0.25) is 4.79 Å². The van der Waals surface area contributed by atoms with Crippen molar-refractivity contribution in [2.45, 2.75) is 27.2 Å². The molecular weight excluding hydrogens is 362 g/mol. The monoisotopic (exact) mass is 381 g/mol. The minimum Gasteiger partial charge on any atom is -0.463 e. The fourth-order valence-electron chi connectivity index (χ4n) is 2.26. The number of rotatable bonds is 6. The minimum absolute atomic E-state index is 0.392. The Balaban J connectivity index is 2.32. The summed E-state index contributed by atoms with van der Waals surface area (Å²) in [6.07, 6.45) is 8.07. The van der Waals surface area contributed by atoms with Crippen molar-refractivity contribution < 1.29 is 9.53 Å². The molecule has 1 aliphatic rings. The largest absolute Gasteiger partial charge is 0.463 e. The fraction of sp³-hybridized carbons (Fsp3) is 0.190. The molecule has 5 nitrogen and oxygen atoms in total. The first-order valence-electron chi connectivity index (χ1n) is 8.30. The lowest BCUT2D eigenvalue weighted by Gasteiger charge is -2.21. The highest BCUT2D eigenvalue weighted by Gasteiger charge is 2.13. The van der Waals surface area contributed by atoms with E-state index >= 15 is 0 Å². The Morgan fingerprint density at radius 1 is 1.26 bits per heavy atom. The molecule has 0 fully saturated rings. The Hall–Kier alpha value is -3.10. The smallest absolute Gasteiger partial charge is 0.150 e. The topological polar surface area (TPSA) is 65.7 Å². The van der Waals surface area contributed by atoms with E-state index in [1.165, 1.54) is 0 Å². The predicted octanol–water partition coefficient (Wildman–Crippen LogP) is 5.30. The molecule has 0 amide bonds. The molecule has 0 unspecified atom stereocenters. The zero-order chi connectivity index (χ0) is 19.8. The van der Waals surface area contributed by atoms with Crippen molar-refractivity contribution in [2.75, 3.05) is 0 Å². The normalized spacial score (nSPS) is 14.0. The molecule has 1 aromatic rings. The van der Waals surface area contributed by atoms with Crippen LogP contribution in [0.3, 0.4) is 0 Å². The molecule has 0 bridgehead atoms. The van der Waals surface area contributed by atoms with Crippen LogP contribution >= 0.6 is 11.6 Å². The van der Waals surface area contributed by atoms with E-state index in [1.54, 1.807) is 53.8 Å². The van der Waals surface area contributed by atoms with E-state index in [0.29, 0.717) is 28.3 Å². The van der Waals surface area contributed by atoms with Gasteiger partial charge in [0.15, 0.2) is 0 Å². The zero-order valence-corrected chi connectivity index (χ0v) is 16.2. The number of carbonyl (C=O) groups excluding carboxylic acids is 1. The molecule has 1 aliphatic carbocycles. The van der Waals surface area contributed by atoms with Crippen LogP contribution in [0.25, 0.3) is 0 Å². The Labute approximate surface area is 164 Å². The maximum atomic E-state index is 10.7. The van der Waals surface area contributed by atoms with Crippen LogP contribution in [-0.4, -0.2) is 17.0 Å². The number of hydrogen-bond acceptors (Lipinski definition) is 5. The summed E-state index contributed by atoms with van der Waals surface area (Å²) in [5.41, 5.74) is 3.45. The third kappa shape index (κ3) is 5.98. The molecule has 0 aliphatic heterocycles. The molecule has 0 heterocycles. The SMILES string of the molecule is CC(C)=NN(C1=CC=C(C#N)CC(Cl)=C1)/C(C)=C/Oc1ccc(C=O)cc1. The van der Waals surface area contributed by atoms with Gasteiger partial charge in [0.05, 0.1) is 17.5 Å². The Morgan fingerprint density at radius 3 is 2.56 bits per heavy atom. The summed E-state index contributed by atoms with van der Waals surface area (Å²) in [5, 5.41) is 15.9. The second-order valence-electron chi connectivity index (χ2n) is 6.09. The van der Waals surface area contributed by atoms with Crippen molar-refractivity contribution in [2.24, 2.45) is 5.10 Å². The fourth-order valence-corrected chi connectivity index (χ4v) is 2.52. The van der Waals surface area contributed by atoms with Gasteiger partial charge in [-0.1, -0.05) is 11.6 Å². The Morgan fingerprint density at radius 2 is 1.96 bits per heavy atom. The van der Waals surface area contributed by atoms with E-state index in [9.17, 15) is 4.79 Å². The molecule has 138 valence electrons. The molecule has 1 aromatic carbocycles. The van der Waals surface area contributed by atoms with Crippen LogP contribution in [0.2, 0.25) is 0 Å². The van der Waals surface area contributed by atoms with Crippen LogP contribution in [0.15, 0.2) is 75.9 Å². The first kappa shape index (κ1) is 20.2. The van der Waals surface area contributed by atoms with Gasteiger partial charge in [-0.15, -0.1) is 0 Å². The van der Waals surface area contributed by atoms with Crippen molar-refractivity contribution in [1.29, 1.82) is 5.26 Å². The van der Waals surface area contributed by atoms with E-state index in [2.05, 4.69) is 11.2 Å². The molecule has 0 aromatic heterocycles. The first-order chi connectivity index (χ1) is 12.9. The number of nitriles is 1. The highest BCUT2D eigenvalue weighted by Crippen LogP contribution is 2.25. The van der Waals surface area contributed by atoms with Gasteiger partial charge in [0.1, 0.15) is 18.3 Å². The van der Waals surface area contributed by atoms with Gasteiger partial charge in [-0.25, -0.2) is 5.01 Å². The molecule has 0 atom stereocenters. The summed E-state index contributed by atoms with van der Waals surface area (Å²) in [7, 11) is 0. The van der Waals surface area contributed by atoms with Crippen LogP contribution in [0.5, 0.6) is 5.75 Å². The lowest BCUT2D eigenvalue weighted by Crippen LogP contribution is -2.16. The van der Waals surface area contributed by atoms with E-state index in [4.69, 9.17) is 21.6 Å². The molecule has 0 radical (unpaired) electrons. The van der Waals surface area contributed by atoms with Gasteiger partial charge in [0, 0.05) is 28.3 Å². The van der Waals surface area contributed by atoms with Gasteiger partial charge in [-0.05, 0) is 63.3 Å². The van der Waals surface area contributed by atoms with Crippen molar-refractivity contribution in [3.63, 3.8) is 0 Å². The Kier molecular flexibility index (Phi) is 7.16. The standard InChI is InChI=1S/C21H20ClN3O2/c1-15(2)24-25(20-7-4-18(12-23)10-19(22)11-20)16(3)14-27-21-8-5-17(13-26)6-9-21/h4-9,11,13-14H,10H2,1-3H3/b16-14+. The van der Waals surface area contributed by atoms with E-state index in [-0.39, 0.29) is 0 Å². The summed E-state index contributed by atoms with van der Waals surface area (Å²) in [6.45, 7) is 5.63. The summed E-state index contributed by atoms with van der Waals surface area (Å²) < 4.78 is 5.68. The number of hydrazone groups is 1. The van der Waals surface area contributed by atoms with Crippen LogP contribution in [0.1, 0.15) is 37.6 Å². The maximum Gasteiger partial charge on any atom is 0.150 e. The lowest BCUT2D eigenvalue weighted by atomic mass is 10.2. The molecule has 6 heteroatoms. The average molecular weight is 382 g/mol. The second kappa shape index (κ2) is 9.56. The summed E-state index contributed by atoms with van der Waals surface area (Å²) >= 11 is 6.25. The van der Waals surface area contributed by atoms with Crippen LogP contribution in [0.4, 0.5) is 0 Å². The van der Waals surface area contributed by atoms with Crippen molar-refractivity contribution in [1.82, 2.24) is 5.01 Å². The maximum absolute atomic E-state index is 10.7. The molecule has 0 N–H and O–H groups in total. The van der Waals surface area contributed by atoms with Gasteiger partial charge < -0.3 is 4.74 Å². The van der Waals surface area contributed by atoms with E-state index in [0.717, 1.165) is 23.4 Å². The number of halogens is 1. The van der Waals surface area contributed by atoms with Crippen molar-refractivity contribution in [3.8, 4) is 11.8 Å². The number of carbonyl (C=O) groups is 1. The molecule has 0 saturated carbocycles. The average Bonchev–Trinajstić information content (AvgIpc) is 2.85. The number of allylic oxidation sites excluding steroid dienone is 6. The van der Waals surface area contributed by atoms with Gasteiger partial charge in [0.2, 0.25) is 0 Å². The summed E-state index contributed by atoms with van der Waals surface area (Å²) in [4.78, 5) is 10.7. The van der Waals surface area contributed by atoms with Gasteiger partial charge >= 0.3 is 0 Å². The van der Waals surface area contributed by atoms with Gasteiger partial charge in [-0.2, -0.15) is 10.4 Å². The third-order valence-electron chi connectivity index (χ3n) is 3.52. The molecular formula is C21H20ClN3O2. The first-order valence-corrected chi connectivity index (χ1v) is 8.68.